The first kappa shape index (κ1) is 13.6. The second-order valence-electron chi connectivity index (χ2n) is 5.28. The van der Waals surface area contributed by atoms with Gasteiger partial charge in [-0.3, -0.25) is 4.79 Å². The Bertz CT molecular complexity index is 368. The average molecular weight is 265 g/mol. The maximum absolute atomic E-state index is 12.1. The molecule has 0 aromatic heterocycles. The van der Waals surface area contributed by atoms with Crippen LogP contribution in [-0.4, -0.2) is 5.78 Å². The minimum atomic E-state index is -0.463. The van der Waals surface area contributed by atoms with Gasteiger partial charge in [0.2, 0.25) is 0 Å². The van der Waals surface area contributed by atoms with Gasteiger partial charge < -0.3 is 0 Å². The number of rotatable bonds is 5. The van der Waals surface area contributed by atoms with E-state index >= 15 is 0 Å². The molecule has 2 heteroatoms. The van der Waals surface area contributed by atoms with E-state index in [4.69, 9.17) is 11.6 Å². The third-order valence-electron chi connectivity index (χ3n) is 3.90. The topological polar surface area (TPSA) is 17.1 Å². The van der Waals surface area contributed by atoms with Crippen LogP contribution in [0.25, 0.3) is 0 Å². The maximum Gasteiger partial charge on any atom is 0.155 e. The molecule has 0 aliphatic heterocycles. The normalized spacial score (nSPS) is 18.5. The predicted octanol–water partition coefficient (Wildman–Crippen LogP) is 4.90. The zero-order valence-corrected chi connectivity index (χ0v) is 11.5. The van der Waals surface area contributed by atoms with E-state index in [1.54, 1.807) is 0 Å². The van der Waals surface area contributed by atoms with E-state index in [-0.39, 0.29) is 5.78 Å². The Morgan fingerprint density at radius 3 is 2.50 bits per heavy atom. The third-order valence-corrected chi connectivity index (χ3v) is 4.39. The molecule has 0 bridgehead atoms. The quantitative estimate of drug-likeness (QED) is 0.692. The van der Waals surface area contributed by atoms with Gasteiger partial charge in [0.15, 0.2) is 5.78 Å². The monoisotopic (exact) mass is 264 g/mol. The minimum absolute atomic E-state index is 0.174. The number of carbonyl (C=O) groups excluding carboxylic acids is 1. The summed E-state index contributed by atoms with van der Waals surface area (Å²) in [6.07, 6.45) is 8.29. The number of alkyl halides is 1. The van der Waals surface area contributed by atoms with Crippen molar-refractivity contribution < 1.29 is 4.79 Å². The van der Waals surface area contributed by atoms with Crippen LogP contribution in [0.15, 0.2) is 30.3 Å². The van der Waals surface area contributed by atoms with Gasteiger partial charge in [-0.05, 0) is 17.9 Å². The first-order valence-electron chi connectivity index (χ1n) is 6.99. The van der Waals surface area contributed by atoms with Crippen LogP contribution in [0, 0.1) is 5.92 Å². The molecule has 1 aliphatic carbocycles. The summed E-state index contributed by atoms with van der Waals surface area (Å²) in [4.78, 5) is 12.1. The van der Waals surface area contributed by atoms with Gasteiger partial charge in [-0.25, -0.2) is 0 Å². The van der Waals surface area contributed by atoms with Crippen LogP contribution in [0.4, 0.5) is 0 Å². The number of carbonyl (C=O) groups is 1. The number of ketones is 1. The molecular weight excluding hydrogens is 244 g/mol. The smallest absolute Gasteiger partial charge is 0.155 e. The highest BCUT2D eigenvalue weighted by atomic mass is 35.5. The van der Waals surface area contributed by atoms with Crippen molar-refractivity contribution in [2.75, 3.05) is 0 Å². The molecule has 0 heterocycles. The number of hydrogen-bond acceptors (Lipinski definition) is 1. The lowest BCUT2D eigenvalue weighted by Gasteiger charge is -2.21. The third kappa shape index (κ3) is 3.84. The molecule has 1 saturated carbocycles. The molecular formula is C16H21ClO. The summed E-state index contributed by atoms with van der Waals surface area (Å²) >= 11 is 6.22. The van der Waals surface area contributed by atoms with Crippen molar-refractivity contribution in [1.82, 2.24) is 0 Å². The molecule has 0 N–H and O–H groups in total. The van der Waals surface area contributed by atoms with E-state index in [2.05, 4.69) is 0 Å². The van der Waals surface area contributed by atoms with Crippen molar-refractivity contribution in [3.8, 4) is 0 Å². The molecule has 0 radical (unpaired) electrons. The second kappa shape index (κ2) is 6.94. The van der Waals surface area contributed by atoms with Crippen LogP contribution in [-0.2, 0) is 4.79 Å². The fraction of sp³-hybridized carbons (Fsp3) is 0.562. The zero-order valence-electron chi connectivity index (χ0n) is 10.8. The van der Waals surface area contributed by atoms with Gasteiger partial charge >= 0.3 is 0 Å². The van der Waals surface area contributed by atoms with Gasteiger partial charge in [-0.2, -0.15) is 0 Å². The molecule has 0 amide bonds. The second-order valence-corrected chi connectivity index (χ2v) is 5.72. The van der Waals surface area contributed by atoms with Gasteiger partial charge in [0.05, 0.1) is 0 Å². The molecule has 1 aromatic rings. The summed E-state index contributed by atoms with van der Waals surface area (Å²) in [5, 5.41) is -0.463. The minimum Gasteiger partial charge on any atom is -0.298 e. The first-order chi connectivity index (χ1) is 8.77. The van der Waals surface area contributed by atoms with E-state index < -0.39 is 5.38 Å². The fourth-order valence-electron chi connectivity index (χ4n) is 2.76. The summed E-state index contributed by atoms with van der Waals surface area (Å²) < 4.78 is 0. The molecule has 1 aromatic carbocycles. The molecule has 0 saturated heterocycles. The van der Waals surface area contributed by atoms with Crippen molar-refractivity contribution >= 4 is 17.4 Å². The van der Waals surface area contributed by atoms with Crippen LogP contribution in [0.1, 0.15) is 55.9 Å². The van der Waals surface area contributed by atoms with E-state index in [1.807, 2.05) is 30.3 Å². The lowest BCUT2D eigenvalue weighted by atomic mass is 9.85. The Labute approximate surface area is 115 Å². The van der Waals surface area contributed by atoms with Crippen molar-refractivity contribution in [3.63, 3.8) is 0 Å². The summed E-state index contributed by atoms with van der Waals surface area (Å²) in [6, 6.07) is 9.66. The summed E-state index contributed by atoms with van der Waals surface area (Å²) in [7, 11) is 0. The molecule has 1 unspecified atom stereocenters. The molecule has 98 valence electrons. The Morgan fingerprint density at radius 1 is 1.17 bits per heavy atom. The average Bonchev–Trinajstić information content (AvgIpc) is 2.46. The molecule has 18 heavy (non-hydrogen) atoms. The van der Waals surface area contributed by atoms with Gasteiger partial charge in [0.1, 0.15) is 5.38 Å². The Morgan fingerprint density at radius 2 is 1.83 bits per heavy atom. The van der Waals surface area contributed by atoms with E-state index in [1.165, 1.54) is 32.1 Å². The molecule has 2 rings (SSSR count). The fourth-order valence-corrected chi connectivity index (χ4v) is 3.01. The molecule has 1 nitrogen and oxygen atoms in total. The van der Waals surface area contributed by atoms with Crippen molar-refractivity contribution in [2.24, 2.45) is 5.92 Å². The highest BCUT2D eigenvalue weighted by molar-refractivity contribution is 6.31. The van der Waals surface area contributed by atoms with E-state index in [9.17, 15) is 4.79 Å². The Balaban J connectivity index is 1.80. The predicted molar refractivity (Wildman–Crippen MR) is 75.9 cm³/mol. The standard InChI is InChI=1S/C16H21ClO/c17-16(14-9-5-2-6-10-14)15(18)12-11-13-7-3-1-4-8-13/h2,5-6,9-10,13,16H,1,3-4,7-8,11-12H2. The van der Waals surface area contributed by atoms with Crippen molar-refractivity contribution in [2.45, 2.75) is 50.3 Å². The van der Waals surface area contributed by atoms with Crippen LogP contribution in [0.3, 0.4) is 0 Å². The summed E-state index contributed by atoms with van der Waals surface area (Å²) in [5.74, 6) is 0.927. The molecule has 0 spiro atoms. The molecule has 1 aliphatic rings. The Kier molecular flexibility index (Phi) is 5.25. The summed E-state index contributed by atoms with van der Waals surface area (Å²) in [5.41, 5.74) is 0.924. The molecule has 1 fully saturated rings. The lowest BCUT2D eigenvalue weighted by molar-refractivity contribution is -0.119. The number of benzene rings is 1. The highest BCUT2D eigenvalue weighted by Crippen LogP contribution is 2.29. The SMILES string of the molecule is O=C(CCC1CCCCC1)C(Cl)c1ccccc1. The number of halogens is 1. The first-order valence-corrected chi connectivity index (χ1v) is 7.43. The maximum atomic E-state index is 12.1. The number of Topliss-reactive ketones (excluding diaryl/α,β-unsaturated/α-hetero) is 1. The van der Waals surface area contributed by atoms with Gasteiger partial charge in [0, 0.05) is 6.42 Å². The summed E-state index contributed by atoms with van der Waals surface area (Å²) in [6.45, 7) is 0. The zero-order chi connectivity index (χ0) is 12.8. The Hall–Kier alpha value is -0.820. The van der Waals surface area contributed by atoms with Gasteiger partial charge in [-0.15, -0.1) is 11.6 Å². The largest absolute Gasteiger partial charge is 0.298 e. The number of hydrogen-bond donors (Lipinski definition) is 0. The van der Waals surface area contributed by atoms with Crippen LogP contribution in [0.2, 0.25) is 0 Å². The van der Waals surface area contributed by atoms with Crippen LogP contribution in [0.5, 0.6) is 0 Å². The van der Waals surface area contributed by atoms with Crippen molar-refractivity contribution in [1.29, 1.82) is 0 Å². The van der Waals surface area contributed by atoms with Gasteiger partial charge in [-0.1, -0.05) is 62.4 Å². The van der Waals surface area contributed by atoms with Crippen LogP contribution >= 0.6 is 11.6 Å². The van der Waals surface area contributed by atoms with Crippen molar-refractivity contribution in [3.05, 3.63) is 35.9 Å². The van der Waals surface area contributed by atoms with Gasteiger partial charge in [0.25, 0.3) is 0 Å². The highest BCUT2D eigenvalue weighted by Gasteiger charge is 2.20. The van der Waals surface area contributed by atoms with E-state index in [0.717, 1.165) is 17.9 Å². The van der Waals surface area contributed by atoms with Crippen LogP contribution < -0.4 is 0 Å². The van der Waals surface area contributed by atoms with E-state index in [0.29, 0.717) is 6.42 Å². The molecule has 1 atom stereocenters. The lowest BCUT2D eigenvalue weighted by Crippen LogP contribution is -2.12.